The van der Waals surface area contributed by atoms with Crippen LogP contribution in [0.1, 0.15) is 86.7 Å². The van der Waals surface area contributed by atoms with Crippen molar-refractivity contribution in [2.24, 2.45) is 0 Å². The molecule has 1 saturated carbocycles. The summed E-state index contributed by atoms with van der Waals surface area (Å²) < 4.78 is 5.89. The van der Waals surface area contributed by atoms with Crippen LogP contribution in [0.3, 0.4) is 0 Å². The summed E-state index contributed by atoms with van der Waals surface area (Å²) in [5.74, 6) is -1.35. The molecule has 1 amide bonds. The zero-order valence-corrected chi connectivity index (χ0v) is 23.7. The molecule has 0 aromatic heterocycles. The fraction of sp³-hybridized carbons (Fsp3) is 0.562. The maximum atomic E-state index is 13.3. The molecule has 6 nitrogen and oxygen atoms in total. The van der Waals surface area contributed by atoms with Crippen molar-refractivity contribution in [3.8, 4) is 11.1 Å². The van der Waals surface area contributed by atoms with Gasteiger partial charge in [-0.25, -0.2) is 4.79 Å². The van der Waals surface area contributed by atoms with Gasteiger partial charge >= 0.3 is 5.97 Å². The van der Waals surface area contributed by atoms with E-state index in [9.17, 15) is 14.7 Å². The first-order valence-corrected chi connectivity index (χ1v) is 14.4. The average Bonchev–Trinajstić information content (AvgIpc) is 2.93. The van der Waals surface area contributed by atoms with E-state index in [1.807, 2.05) is 57.2 Å². The zero-order chi connectivity index (χ0) is 27.5. The Morgan fingerprint density at radius 1 is 1.05 bits per heavy atom. The highest BCUT2D eigenvalue weighted by atomic mass is 16.5. The Morgan fingerprint density at radius 2 is 1.79 bits per heavy atom. The van der Waals surface area contributed by atoms with E-state index in [0.717, 1.165) is 36.1 Å². The molecule has 2 aromatic rings. The molecule has 208 valence electrons. The van der Waals surface area contributed by atoms with Crippen molar-refractivity contribution in [3.63, 3.8) is 0 Å². The number of rotatable bonds is 14. The molecule has 0 saturated heterocycles. The lowest BCUT2D eigenvalue weighted by Crippen LogP contribution is -2.44. The number of ether oxygens (including phenoxy) is 1. The monoisotopic (exact) mass is 522 g/mol. The highest BCUT2D eigenvalue weighted by molar-refractivity contribution is 6.02. The predicted molar refractivity (Wildman–Crippen MR) is 154 cm³/mol. The summed E-state index contributed by atoms with van der Waals surface area (Å²) in [6.07, 6.45) is 9.40. The largest absolute Gasteiger partial charge is 0.480 e. The van der Waals surface area contributed by atoms with Crippen LogP contribution in [0.2, 0.25) is 0 Å². The van der Waals surface area contributed by atoms with E-state index in [-0.39, 0.29) is 5.91 Å². The second-order valence-corrected chi connectivity index (χ2v) is 10.7. The number of carbonyl (C=O) groups is 2. The van der Waals surface area contributed by atoms with E-state index in [0.29, 0.717) is 37.1 Å². The lowest BCUT2D eigenvalue weighted by Gasteiger charge is -2.37. The summed E-state index contributed by atoms with van der Waals surface area (Å²) in [5, 5.41) is 12.3. The minimum atomic E-state index is -1.00. The van der Waals surface area contributed by atoms with E-state index in [4.69, 9.17) is 4.74 Å². The predicted octanol–water partition coefficient (Wildman–Crippen LogP) is 6.25. The molecule has 1 aliphatic rings. The van der Waals surface area contributed by atoms with Crippen LogP contribution in [-0.4, -0.2) is 60.3 Å². The van der Waals surface area contributed by atoms with E-state index in [2.05, 4.69) is 23.3 Å². The highest BCUT2D eigenvalue weighted by Crippen LogP contribution is 2.30. The van der Waals surface area contributed by atoms with Crippen molar-refractivity contribution in [1.29, 1.82) is 0 Å². The van der Waals surface area contributed by atoms with Crippen molar-refractivity contribution in [3.05, 3.63) is 59.2 Å². The van der Waals surface area contributed by atoms with Gasteiger partial charge in [0.05, 0.1) is 6.61 Å². The number of carboxylic acids is 1. The molecule has 3 rings (SSSR count). The van der Waals surface area contributed by atoms with Crippen LogP contribution >= 0.6 is 0 Å². The number of hydrogen-bond acceptors (Lipinski definition) is 4. The molecule has 2 unspecified atom stereocenters. The third-order valence-corrected chi connectivity index (χ3v) is 7.95. The number of likely N-dealkylation sites (N-methyl/N-ethyl adjacent to an activating group) is 1. The first-order valence-electron chi connectivity index (χ1n) is 14.4. The second-order valence-electron chi connectivity index (χ2n) is 10.7. The van der Waals surface area contributed by atoms with Crippen LogP contribution in [0.25, 0.3) is 11.1 Å². The maximum absolute atomic E-state index is 13.3. The quantitative estimate of drug-likeness (QED) is 0.307. The summed E-state index contributed by atoms with van der Waals surface area (Å²) in [7, 11) is 2.25. The number of nitrogens with zero attached hydrogens (tertiary/aromatic N) is 1. The Balaban J connectivity index is 1.85. The number of carbonyl (C=O) groups excluding carboxylic acids is 1. The second kappa shape index (κ2) is 15.0. The molecule has 0 radical (unpaired) electrons. The topological polar surface area (TPSA) is 78.9 Å². The van der Waals surface area contributed by atoms with Gasteiger partial charge in [0.2, 0.25) is 0 Å². The average molecular weight is 523 g/mol. The number of amides is 1. The number of carboxylic acid groups (broad SMARTS) is 1. The van der Waals surface area contributed by atoms with Crippen molar-refractivity contribution >= 4 is 11.9 Å². The number of aryl methyl sites for hydroxylation is 2. The lowest BCUT2D eigenvalue weighted by atomic mass is 9.91. The van der Waals surface area contributed by atoms with Crippen molar-refractivity contribution < 1.29 is 19.4 Å². The lowest BCUT2D eigenvalue weighted by molar-refractivity contribution is -0.139. The number of aliphatic carboxylic acids is 1. The summed E-state index contributed by atoms with van der Waals surface area (Å²) >= 11 is 0. The normalized spacial score (nSPS) is 15.8. The van der Waals surface area contributed by atoms with Gasteiger partial charge in [0.1, 0.15) is 6.04 Å². The van der Waals surface area contributed by atoms with Gasteiger partial charge in [-0.3, -0.25) is 9.69 Å². The van der Waals surface area contributed by atoms with Gasteiger partial charge in [-0.15, -0.1) is 0 Å². The summed E-state index contributed by atoms with van der Waals surface area (Å²) in [5.41, 5.74) is 4.60. The Bertz CT molecular complexity index is 1050. The molecule has 0 spiro atoms. The summed E-state index contributed by atoms with van der Waals surface area (Å²) in [6.45, 7) is 7.44. The van der Waals surface area contributed by atoms with Crippen molar-refractivity contribution in [2.75, 3.05) is 20.3 Å². The zero-order valence-electron chi connectivity index (χ0n) is 23.7. The Morgan fingerprint density at radius 3 is 2.45 bits per heavy atom. The Hall–Kier alpha value is -2.70. The molecule has 2 atom stereocenters. The van der Waals surface area contributed by atoms with Crippen molar-refractivity contribution in [1.82, 2.24) is 10.2 Å². The fourth-order valence-electron chi connectivity index (χ4n) is 5.60. The van der Waals surface area contributed by atoms with Gasteiger partial charge < -0.3 is 15.2 Å². The molecule has 38 heavy (non-hydrogen) atoms. The number of nitrogens with one attached hydrogen (secondary N) is 1. The van der Waals surface area contributed by atoms with Crippen LogP contribution in [-0.2, 0) is 16.0 Å². The van der Waals surface area contributed by atoms with Gasteiger partial charge in [0.15, 0.2) is 0 Å². The molecule has 1 aliphatic carbocycles. The van der Waals surface area contributed by atoms with Crippen LogP contribution in [0, 0.1) is 6.92 Å². The SMILES string of the molecule is CCCC(NC(=O)c1ccc(CCC(COCC)N(C)C2CCCCC2)cc1-c1ccccc1C)C(=O)O. The minimum Gasteiger partial charge on any atom is -0.480 e. The molecule has 2 N–H and O–H groups in total. The van der Waals surface area contributed by atoms with Gasteiger partial charge in [0.25, 0.3) is 5.91 Å². The molecular formula is C32H46N2O4. The van der Waals surface area contributed by atoms with Crippen LogP contribution < -0.4 is 5.32 Å². The maximum Gasteiger partial charge on any atom is 0.326 e. The first kappa shape index (κ1) is 29.9. The highest BCUT2D eigenvalue weighted by Gasteiger charge is 2.25. The van der Waals surface area contributed by atoms with Crippen LogP contribution in [0.15, 0.2) is 42.5 Å². The third kappa shape index (κ3) is 8.15. The van der Waals surface area contributed by atoms with E-state index in [1.54, 1.807) is 0 Å². The molecular weight excluding hydrogens is 476 g/mol. The number of hydrogen-bond donors (Lipinski definition) is 2. The minimum absolute atomic E-state index is 0.341. The molecule has 0 aliphatic heterocycles. The first-order chi connectivity index (χ1) is 18.3. The third-order valence-electron chi connectivity index (χ3n) is 7.95. The van der Waals surface area contributed by atoms with Crippen LogP contribution in [0.4, 0.5) is 0 Å². The molecule has 2 aromatic carbocycles. The van der Waals surface area contributed by atoms with E-state index in [1.165, 1.54) is 37.7 Å². The Labute approximate surface area is 228 Å². The molecule has 6 heteroatoms. The number of benzene rings is 2. The molecule has 1 fully saturated rings. The van der Waals surface area contributed by atoms with Crippen molar-refractivity contribution in [2.45, 2.75) is 96.7 Å². The van der Waals surface area contributed by atoms with E-state index < -0.39 is 12.0 Å². The van der Waals surface area contributed by atoms with Gasteiger partial charge in [-0.05, 0) is 81.3 Å². The fourth-order valence-corrected chi connectivity index (χ4v) is 5.60. The summed E-state index contributed by atoms with van der Waals surface area (Å²) in [4.78, 5) is 27.5. The van der Waals surface area contributed by atoms with E-state index >= 15 is 0 Å². The molecule has 0 heterocycles. The standard InChI is InChI=1S/C32H46N2O4/c1-5-12-30(32(36)37)33-31(35)28-20-18-24(21-29(28)27-16-11-10-13-23(27)3)17-19-26(22-38-6-2)34(4)25-14-8-7-9-15-25/h10-11,13,16,18,20-21,25-26,30H,5-9,12,14-15,17,19,22H2,1-4H3,(H,33,35)(H,36,37). The Kier molecular flexibility index (Phi) is 11.8. The smallest absolute Gasteiger partial charge is 0.326 e. The molecule has 0 bridgehead atoms. The van der Waals surface area contributed by atoms with Gasteiger partial charge in [-0.1, -0.05) is 69.0 Å². The summed E-state index contributed by atoms with van der Waals surface area (Å²) in [6, 6.07) is 14.1. The van der Waals surface area contributed by atoms with Gasteiger partial charge in [0, 0.05) is 24.3 Å². The van der Waals surface area contributed by atoms with Gasteiger partial charge in [-0.2, -0.15) is 0 Å². The van der Waals surface area contributed by atoms with Crippen LogP contribution in [0.5, 0.6) is 0 Å².